The third-order valence-electron chi connectivity index (χ3n) is 3.75. The quantitative estimate of drug-likeness (QED) is 0.644. The van der Waals surface area contributed by atoms with E-state index >= 15 is 0 Å². The van der Waals surface area contributed by atoms with E-state index in [0.717, 1.165) is 16.7 Å². The molecule has 1 aromatic carbocycles. The molecule has 1 aliphatic rings. The zero-order valence-electron chi connectivity index (χ0n) is 13.9. The summed E-state index contributed by atoms with van der Waals surface area (Å²) in [6, 6.07) is 5.05. The first-order valence-electron chi connectivity index (χ1n) is 7.45. The minimum absolute atomic E-state index is 0.166. The Bertz CT molecular complexity index is 652. The first kappa shape index (κ1) is 17.0. The lowest BCUT2D eigenvalue weighted by Gasteiger charge is -2.29. The second kappa shape index (κ2) is 7.28. The predicted molar refractivity (Wildman–Crippen MR) is 85.9 cm³/mol. The van der Waals surface area contributed by atoms with Crippen molar-refractivity contribution >= 4 is 12.0 Å². The highest BCUT2D eigenvalue weighted by Gasteiger charge is 2.32. The molecule has 1 aliphatic heterocycles. The number of nitrogens with one attached hydrogen (secondary N) is 2. The molecule has 0 bridgehead atoms. The maximum absolute atomic E-state index is 12.4. The van der Waals surface area contributed by atoms with Crippen molar-refractivity contribution in [2.45, 2.75) is 26.8 Å². The van der Waals surface area contributed by atoms with Crippen LogP contribution < -0.4 is 10.6 Å². The molecule has 2 amide bonds. The van der Waals surface area contributed by atoms with Crippen LogP contribution in [0.2, 0.25) is 0 Å². The standard InChI is InChI=1S/C17H22N2O4/c1-10-5-6-13(11(2)9-10)15-14(12(3)18-17(21)19-15)16(20)23-8-7-22-4/h5-6,9,15H,7-8H2,1-4H3,(H2,18,19,21)/t15-/m0/s1. The minimum Gasteiger partial charge on any atom is -0.460 e. The fourth-order valence-electron chi connectivity index (χ4n) is 2.64. The third-order valence-corrected chi connectivity index (χ3v) is 3.75. The number of hydrogen-bond acceptors (Lipinski definition) is 4. The molecule has 0 fully saturated rings. The highest BCUT2D eigenvalue weighted by atomic mass is 16.6. The van der Waals surface area contributed by atoms with E-state index in [1.807, 2.05) is 32.0 Å². The predicted octanol–water partition coefficient (Wildman–Crippen LogP) is 2.12. The van der Waals surface area contributed by atoms with Gasteiger partial charge in [0.1, 0.15) is 6.61 Å². The molecular formula is C17H22N2O4. The Morgan fingerprint density at radius 2 is 1.96 bits per heavy atom. The van der Waals surface area contributed by atoms with Gasteiger partial charge in [0, 0.05) is 12.8 Å². The van der Waals surface area contributed by atoms with E-state index in [2.05, 4.69) is 10.6 Å². The highest BCUT2D eigenvalue weighted by Crippen LogP contribution is 2.30. The molecule has 0 aliphatic carbocycles. The number of allylic oxidation sites excluding steroid dienone is 1. The second-order valence-electron chi connectivity index (χ2n) is 5.56. The number of aryl methyl sites for hydroxylation is 2. The fraction of sp³-hybridized carbons (Fsp3) is 0.412. The third kappa shape index (κ3) is 3.90. The lowest BCUT2D eigenvalue weighted by molar-refractivity contribution is -0.140. The summed E-state index contributed by atoms with van der Waals surface area (Å²) in [6.07, 6.45) is 0. The molecule has 0 unspecified atom stereocenters. The Morgan fingerprint density at radius 1 is 1.22 bits per heavy atom. The molecule has 0 spiro atoms. The molecule has 1 atom stereocenters. The van der Waals surface area contributed by atoms with Gasteiger partial charge in [-0.2, -0.15) is 0 Å². The smallest absolute Gasteiger partial charge is 0.338 e. The minimum atomic E-state index is -0.528. The van der Waals surface area contributed by atoms with Gasteiger partial charge in [-0.15, -0.1) is 0 Å². The number of carbonyl (C=O) groups excluding carboxylic acids is 2. The van der Waals surface area contributed by atoms with E-state index in [4.69, 9.17) is 9.47 Å². The Kier molecular flexibility index (Phi) is 5.39. The zero-order chi connectivity index (χ0) is 17.0. The van der Waals surface area contributed by atoms with Gasteiger partial charge in [-0.3, -0.25) is 0 Å². The lowest BCUT2D eigenvalue weighted by atomic mass is 9.91. The average Bonchev–Trinajstić information content (AvgIpc) is 2.46. The van der Waals surface area contributed by atoms with Gasteiger partial charge in [0.25, 0.3) is 0 Å². The number of amides is 2. The van der Waals surface area contributed by atoms with Crippen LogP contribution in [-0.2, 0) is 14.3 Å². The van der Waals surface area contributed by atoms with Gasteiger partial charge in [0.15, 0.2) is 0 Å². The number of hydrogen-bond donors (Lipinski definition) is 2. The van der Waals surface area contributed by atoms with Crippen LogP contribution in [0.25, 0.3) is 0 Å². The molecular weight excluding hydrogens is 296 g/mol. The molecule has 0 saturated heterocycles. The molecule has 0 saturated carbocycles. The van der Waals surface area contributed by atoms with Gasteiger partial charge >= 0.3 is 12.0 Å². The van der Waals surface area contributed by atoms with E-state index in [1.165, 1.54) is 0 Å². The summed E-state index contributed by atoms with van der Waals surface area (Å²) in [7, 11) is 1.54. The van der Waals surface area contributed by atoms with Crippen molar-refractivity contribution in [3.05, 3.63) is 46.2 Å². The van der Waals surface area contributed by atoms with Crippen LogP contribution in [0, 0.1) is 13.8 Å². The SMILES string of the molecule is COCCOC(=O)C1=C(C)NC(=O)N[C@H]1c1ccc(C)cc1C. The van der Waals surface area contributed by atoms with Crippen molar-refractivity contribution in [2.75, 3.05) is 20.3 Å². The van der Waals surface area contributed by atoms with Gasteiger partial charge in [-0.25, -0.2) is 9.59 Å². The fourth-order valence-corrected chi connectivity index (χ4v) is 2.64. The number of rotatable bonds is 5. The van der Waals surface area contributed by atoms with Crippen LogP contribution in [0.1, 0.15) is 29.7 Å². The van der Waals surface area contributed by atoms with Gasteiger partial charge in [-0.05, 0) is 31.9 Å². The van der Waals surface area contributed by atoms with E-state index in [0.29, 0.717) is 17.9 Å². The number of carbonyl (C=O) groups is 2. The molecule has 23 heavy (non-hydrogen) atoms. The monoisotopic (exact) mass is 318 g/mol. The van der Waals surface area contributed by atoms with Gasteiger partial charge < -0.3 is 20.1 Å². The molecule has 1 aromatic rings. The molecule has 0 radical (unpaired) electrons. The Labute approximate surface area is 135 Å². The number of benzene rings is 1. The zero-order valence-corrected chi connectivity index (χ0v) is 13.9. The van der Waals surface area contributed by atoms with Gasteiger partial charge in [0.05, 0.1) is 18.2 Å². The topological polar surface area (TPSA) is 76.7 Å². The number of urea groups is 1. The molecule has 2 rings (SSSR count). The van der Waals surface area contributed by atoms with Crippen molar-refractivity contribution in [1.29, 1.82) is 0 Å². The van der Waals surface area contributed by atoms with E-state index in [9.17, 15) is 9.59 Å². The van der Waals surface area contributed by atoms with Crippen LogP contribution in [0.15, 0.2) is 29.5 Å². The average molecular weight is 318 g/mol. The summed E-state index contributed by atoms with van der Waals surface area (Å²) in [5.41, 5.74) is 3.92. The number of ether oxygens (including phenoxy) is 2. The largest absolute Gasteiger partial charge is 0.460 e. The summed E-state index contributed by atoms with van der Waals surface area (Å²) in [4.78, 5) is 24.3. The van der Waals surface area contributed by atoms with Gasteiger partial charge in [0.2, 0.25) is 0 Å². The van der Waals surface area contributed by atoms with Crippen LogP contribution in [-0.4, -0.2) is 32.3 Å². The molecule has 1 heterocycles. The molecule has 6 nitrogen and oxygen atoms in total. The van der Waals surface area contributed by atoms with Gasteiger partial charge in [-0.1, -0.05) is 23.8 Å². The molecule has 6 heteroatoms. The maximum atomic E-state index is 12.4. The first-order valence-corrected chi connectivity index (χ1v) is 7.45. The van der Waals surface area contributed by atoms with Crippen molar-refractivity contribution in [1.82, 2.24) is 10.6 Å². The summed E-state index contributed by atoms with van der Waals surface area (Å²) >= 11 is 0. The summed E-state index contributed by atoms with van der Waals surface area (Å²) in [5.74, 6) is -0.461. The normalized spacial score (nSPS) is 17.6. The van der Waals surface area contributed by atoms with E-state index < -0.39 is 12.0 Å². The second-order valence-corrected chi connectivity index (χ2v) is 5.56. The van der Waals surface area contributed by atoms with Crippen LogP contribution in [0.3, 0.4) is 0 Å². The van der Waals surface area contributed by atoms with E-state index in [-0.39, 0.29) is 12.6 Å². The molecule has 124 valence electrons. The molecule has 2 N–H and O–H groups in total. The first-order chi connectivity index (χ1) is 10.9. The molecule has 0 aromatic heterocycles. The number of methoxy groups -OCH3 is 1. The lowest BCUT2D eigenvalue weighted by Crippen LogP contribution is -2.45. The van der Waals surface area contributed by atoms with Crippen molar-refractivity contribution in [3.63, 3.8) is 0 Å². The summed E-state index contributed by atoms with van der Waals surface area (Å²) < 4.78 is 10.1. The van der Waals surface area contributed by atoms with E-state index in [1.54, 1.807) is 14.0 Å². The summed E-state index contributed by atoms with van der Waals surface area (Å²) in [6.45, 7) is 6.15. The maximum Gasteiger partial charge on any atom is 0.338 e. The van der Waals surface area contributed by atoms with Crippen molar-refractivity contribution in [2.24, 2.45) is 0 Å². The Morgan fingerprint density at radius 3 is 2.61 bits per heavy atom. The van der Waals surface area contributed by atoms with Crippen LogP contribution in [0.5, 0.6) is 0 Å². The van der Waals surface area contributed by atoms with Crippen molar-refractivity contribution < 1.29 is 19.1 Å². The van der Waals surface area contributed by atoms with Crippen LogP contribution >= 0.6 is 0 Å². The van der Waals surface area contributed by atoms with Crippen LogP contribution in [0.4, 0.5) is 4.79 Å². The summed E-state index contributed by atoms with van der Waals surface area (Å²) in [5, 5.41) is 5.43. The Hall–Kier alpha value is -2.34. The highest BCUT2D eigenvalue weighted by molar-refractivity contribution is 5.95. The van der Waals surface area contributed by atoms with Crippen molar-refractivity contribution in [3.8, 4) is 0 Å². The number of esters is 1. The Balaban J connectivity index is 2.36.